The zero-order valence-corrected chi connectivity index (χ0v) is 12.5. The standard InChI is InChI=1S/C14H14N2O5S/c1-16(9-10-5-3-2-4-6-10)22(20,21)11-7-12(14(18)19)15-13(17)8-11/h2-8H,9H2,1H3,(H,15,17)(H,18,19). The Kier molecular flexibility index (Phi) is 4.43. The summed E-state index contributed by atoms with van der Waals surface area (Å²) >= 11 is 0. The van der Waals surface area contributed by atoms with Crippen LogP contribution in [0.1, 0.15) is 16.1 Å². The Morgan fingerprint density at radius 1 is 1.23 bits per heavy atom. The number of H-pyrrole nitrogens is 1. The molecular weight excluding hydrogens is 308 g/mol. The first-order chi connectivity index (χ1) is 10.3. The monoisotopic (exact) mass is 322 g/mol. The van der Waals surface area contributed by atoms with Gasteiger partial charge in [0.15, 0.2) is 0 Å². The molecule has 0 amide bonds. The van der Waals surface area contributed by atoms with Gasteiger partial charge in [-0.05, 0) is 11.6 Å². The van der Waals surface area contributed by atoms with E-state index in [1.54, 1.807) is 24.3 Å². The molecule has 0 saturated heterocycles. The Labute approximate surface area is 126 Å². The molecule has 0 aliphatic rings. The molecule has 2 rings (SSSR count). The van der Waals surface area contributed by atoms with Crippen molar-refractivity contribution < 1.29 is 18.3 Å². The van der Waals surface area contributed by atoms with Gasteiger partial charge in [0.2, 0.25) is 15.6 Å². The smallest absolute Gasteiger partial charge is 0.352 e. The van der Waals surface area contributed by atoms with Crippen molar-refractivity contribution in [3.05, 3.63) is 64.1 Å². The number of hydrogen-bond acceptors (Lipinski definition) is 4. The van der Waals surface area contributed by atoms with Crippen molar-refractivity contribution in [1.82, 2.24) is 9.29 Å². The molecule has 0 spiro atoms. The van der Waals surface area contributed by atoms with Gasteiger partial charge < -0.3 is 10.1 Å². The van der Waals surface area contributed by atoms with Crippen molar-refractivity contribution >= 4 is 16.0 Å². The molecule has 1 aromatic heterocycles. The van der Waals surface area contributed by atoms with E-state index in [0.717, 1.165) is 22.0 Å². The maximum atomic E-state index is 12.4. The second-order valence-electron chi connectivity index (χ2n) is 4.65. The van der Waals surface area contributed by atoms with Gasteiger partial charge in [-0.15, -0.1) is 0 Å². The number of aromatic nitrogens is 1. The Morgan fingerprint density at radius 3 is 2.45 bits per heavy atom. The average molecular weight is 322 g/mol. The normalized spacial score (nSPS) is 11.5. The van der Waals surface area contributed by atoms with E-state index >= 15 is 0 Å². The fourth-order valence-electron chi connectivity index (χ4n) is 1.89. The lowest BCUT2D eigenvalue weighted by atomic mass is 10.2. The molecule has 0 atom stereocenters. The number of sulfonamides is 1. The summed E-state index contributed by atoms with van der Waals surface area (Å²) in [4.78, 5) is 24.1. The van der Waals surface area contributed by atoms with Crippen molar-refractivity contribution in [2.75, 3.05) is 7.05 Å². The molecule has 0 aliphatic heterocycles. The minimum atomic E-state index is -3.97. The lowest BCUT2D eigenvalue weighted by Crippen LogP contribution is -2.28. The molecule has 1 aromatic carbocycles. The molecule has 0 fully saturated rings. The van der Waals surface area contributed by atoms with Crippen LogP contribution >= 0.6 is 0 Å². The fraction of sp³-hybridized carbons (Fsp3) is 0.143. The molecule has 7 nitrogen and oxygen atoms in total. The number of aromatic carboxylic acids is 1. The number of aromatic amines is 1. The second kappa shape index (κ2) is 6.12. The number of rotatable bonds is 5. The summed E-state index contributed by atoms with van der Waals surface area (Å²) in [6.07, 6.45) is 0. The maximum Gasteiger partial charge on any atom is 0.352 e. The van der Waals surface area contributed by atoms with E-state index in [1.807, 2.05) is 6.07 Å². The van der Waals surface area contributed by atoms with Crippen LogP contribution in [0.25, 0.3) is 0 Å². The molecular formula is C14H14N2O5S. The Bertz CT molecular complexity index is 843. The van der Waals surface area contributed by atoms with Gasteiger partial charge >= 0.3 is 5.97 Å². The summed E-state index contributed by atoms with van der Waals surface area (Å²) < 4.78 is 25.9. The van der Waals surface area contributed by atoms with Crippen LogP contribution in [0.5, 0.6) is 0 Å². The largest absolute Gasteiger partial charge is 0.477 e. The van der Waals surface area contributed by atoms with Crippen molar-refractivity contribution in [1.29, 1.82) is 0 Å². The average Bonchev–Trinajstić information content (AvgIpc) is 2.47. The third kappa shape index (κ3) is 3.41. The van der Waals surface area contributed by atoms with Gasteiger partial charge in [0.05, 0.1) is 4.90 Å². The van der Waals surface area contributed by atoms with Crippen LogP contribution in [0.2, 0.25) is 0 Å². The van der Waals surface area contributed by atoms with Crippen molar-refractivity contribution in [2.24, 2.45) is 0 Å². The molecule has 0 aliphatic carbocycles. The zero-order chi connectivity index (χ0) is 16.3. The summed E-state index contributed by atoms with van der Waals surface area (Å²) in [6, 6.07) is 10.7. The van der Waals surface area contributed by atoms with Crippen LogP contribution in [0, 0.1) is 0 Å². The van der Waals surface area contributed by atoms with E-state index in [9.17, 15) is 18.0 Å². The van der Waals surface area contributed by atoms with E-state index < -0.39 is 27.2 Å². The van der Waals surface area contributed by atoms with Crippen LogP contribution in [0.4, 0.5) is 0 Å². The molecule has 8 heteroatoms. The number of carboxylic acid groups (broad SMARTS) is 1. The summed E-state index contributed by atoms with van der Waals surface area (Å²) in [5.41, 5.74) is -0.484. The SMILES string of the molecule is CN(Cc1ccccc1)S(=O)(=O)c1cc(C(=O)O)[nH]c(=O)c1. The molecule has 0 saturated carbocycles. The van der Waals surface area contributed by atoms with Gasteiger partial charge in [0.25, 0.3) is 0 Å². The minimum Gasteiger partial charge on any atom is -0.477 e. The molecule has 22 heavy (non-hydrogen) atoms. The van der Waals surface area contributed by atoms with Gasteiger partial charge in [-0.3, -0.25) is 4.79 Å². The van der Waals surface area contributed by atoms with Crippen LogP contribution < -0.4 is 5.56 Å². The summed E-state index contributed by atoms with van der Waals surface area (Å²) in [5.74, 6) is -1.40. The summed E-state index contributed by atoms with van der Waals surface area (Å²) in [5, 5.41) is 8.89. The highest BCUT2D eigenvalue weighted by Crippen LogP contribution is 2.16. The van der Waals surface area contributed by atoms with E-state index in [4.69, 9.17) is 5.11 Å². The van der Waals surface area contributed by atoms with Gasteiger partial charge in [-0.2, -0.15) is 4.31 Å². The Balaban J connectivity index is 2.38. The first kappa shape index (κ1) is 15.9. The molecule has 0 radical (unpaired) electrons. The van der Waals surface area contributed by atoms with Crippen LogP contribution in [-0.4, -0.2) is 35.8 Å². The molecule has 0 bridgehead atoms. The fourth-order valence-corrected chi connectivity index (χ4v) is 3.09. The molecule has 1 heterocycles. The first-order valence-electron chi connectivity index (χ1n) is 6.28. The highest BCUT2D eigenvalue weighted by atomic mass is 32.2. The number of nitrogens with zero attached hydrogens (tertiary/aromatic N) is 1. The lowest BCUT2D eigenvalue weighted by molar-refractivity contribution is 0.0690. The Morgan fingerprint density at radius 2 is 1.86 bits per heavy atom. The summed E-state index contributed by atoms with van der Waals surface area (Å²) in [6.45, 7) is 0.110. The van der Waals surface area contributed by atoms with Crippen LogP contribution in [0.3, 0.4) is 0 Å². The number of carbonyl (C=O) groups is 1. The highest BCUT2D eigenvalue weighted by molar-refractivity contribution is 7.89. The zero-order valence-electron chi connectivity index (χ0n) is 11.7. The van der Waals surface area contributed by atoms with E-state index in [0.29, 0.717) is 0 Å². The molecule has 2 N–H and O–H groups in total. The topological polar surface area (TPSA) is 108 Å². The van der Waals surface area contributed by atoms with Crippen LogP contribution in [-0.2, 0) is 16.6 Å². The highest BCUT2D eigenvalue weighted by Gasteiger charge is 2.23. The van der Waals surface area contributed by atoms with Gasteiger partial charge in [-0.1, -0.05) is 30.3 Å². The maximum absolute atomic E-state index is 12.4. The molecule has 116 valence electrons. The van der Waals surface area contributed by atoms with E-state index in [-0.39, 0.29) is 11.4 Å². The molecule has 0 unspecified atom stereocenters. The van der Waals surface area contributed by atoms with Gasteiger partial charge in [-0.25, -0.2) is 13.2 Å². The van der Waals surface area contributed by atoms with Crippen molar-refractivity contribution in [2.45, 2.75) is 11.4 Å². The first-order valence-corrected chi connectivity index (χ1v) is 7.72. The third-order valence-corrected chi connectivity index (χ3v) is 4.79. The summed E-state index contributed by atoms with van der Waals surface area (Å²) in [7, 11) is -2.60. The number of nitrogens with one attached hydrogen (secondary N) is 1. The number of benzene rings is 1. The predicted octanol–water partition coefficient (Wildman–Crippen LogP) is 0.894. The Hall–Kier alpha value is -2.45. The number of carboxylic acids is 1. The van der Waals surface area contributed by atoms with Gasteiger partial charge in [0, 0.05) is 19.7 Å². The third-order valence-electron chi connectivity index (χ3n) is 3.00. The van der Waals surface area contributed by atoms with Crippen molar-refractivity contribution in [3.8, 4) is 0 Å². The number of hydrogen-bond donors (Lipinski definition) is 2. The number of pyridine rings is 1. The predicted molar refractivity (Wildman–Crippen MR) is 79.1 cm³/mol. The van der Waals surface area contributed by atoms with E-state index in [1.165, 1.54) is 7.05 Å². The quantitative estimate of drug-likeness (QED) is 0.850. The molecule has 2 aromatic rings. The lowest BCUT2D eigenvalue weighted by Gasteiger charge is -2.17. The van der Waals surface area contributed by atoms with E-state index in [2.05, 4.69) is 4.98 Å². The minimum absolute atomic E-state index is 0.110. The second-order valence-corrected chi connectivity index (χ2v) is 6.69. The van der Waals surface area contributed by atoms with Gasteiger partial charge in [0.1, 0.15) is 5.69 Å². The van der Waals surface area contributed by atoms with Crippen LogP contribution in [0.15, 0.2) is 52.2 Å². The van der Waals surface area contributed by atoms with Crippen molar-refractivity contribution in [3.63, 3.8) is 0 Å².